The minimum absolute atomic E-state index is 0.0567. The second-order valence-corrected chi connectivity index (χ2v) is 7.69. The fraction of sp³-hybridized carbons (Fsp3) is 0.273. The van der Waals surface area contributed by atoms with Gasteiger partial charge in [-0.15, -0.1) is 0 Å². The van der Waals surface area contributed by atoms with Crippen molar-refractivity contribution < 1.29 is 9.53 Å². The highest BCUT2D eigenvalue weighted by Crippen LogP contribution is 2.21. The number of nitrogens with zero attached hydrogens (tertiary/aromatic N) is 1. The van der Waals surface area contributed by atoms with Gasteiger partial charge in [-0.25, -0.2) is 4.79 Å². The van der Waals surface area contributed by atoms with Gasteiger partial charge in [0.15, 0.2) is 0 Å². The molecule has 4 nitrogen and oxygen atoms in total. The predicted octanol–water partition coefficient (Wildman–Crippen LogP) is 5.11. The molecule has 0 radical (unpaired) electrons. The second-order valence-electron chi connectivity index (χ2n) is 6.78. The molecule has 0 aliphatic carbocycles. The maximum atomic E-state index is 12.8. The summed E-state index contributed by atoms with van der Waals surface area (Å²) >= 11 is 3.41. The summed E-state index contributed by atoms with van der Waals surface area (Å²) in [6, 6.07) is 13.9. The fourth-order valence-electron chi connectivity index (χ4n) is 3.06. The lowest BCUT2D eigenvalue weighted by Crippen LogP contribution is -2.21. The number of fused-ring (bicyclic) bond motifs is 1. The summed E-state index contributed by atoms with van der Waals surface area (Å²) in [5.41, 5.74) is 2.91. The lowest BCUT2D eigenvalue weighted by Gasteiger charge is -2.14. The molecule has 140 valence electrons. The van der Waals surface area contributed by atoms with Crippen LogP contribution < -0.4 is 5.43 Å². The Bertz CT molecular complexity index is 1040. The van der Waals surface area contributed by atoms with E-state index in [2.05, 4.69) is 54.0 Å². The third kappa shape index (κ3) is 4.14. The van der Waals surface area contributed by atoms with Crippen molar-refractivity contribution in [3.63, 3.8) is 0 Å². The Morgan fingerprint density at radius 1 is 1.15 bits per heavy atom. The van der Waals surface area contributed by atoms with Gasteiger partial charge in [-0.3, -0.25) is 4.79 Å². The maximum absolute atomic E-state index is 12.8. The Morgan fingerprint density at radius 2 is 1.85 bits per heavy atom. The molecule has 5 heteroatoms. The standard InChI is InChI=1S/C22H22BrNO3/c1-4-27-22(26)19-13-24(12-15-5-7-16(8-6-15)14(2)3)20-10-9-17(23)11-18(20)21(19)25/h5-11,13-14H,4,12H2,1-3H3. The molecule has 0 atom stereocenters. The summed E-state index contributed by atoms with van der Waals surface area (Å²) in [5, 5.41) is 0.494. The smallest absolute Gasteiger partial charge is 0.343 e. The topological polar surface area (TPSA) is 48.3 Å². The van der Waals surface area contributed by atoms with Crippen molar-refractivity contribution in [3.8, 4) is 0 Å². The number of rotatable bonds is 5. The second kappa shape index (κ2) is 8.09. The maximum Gasteiger partial charge on any atom is 0.343 e. The molecule has 0 saturated heterocycles. The van der Waals surface area contributed by atoms with Crippen LogP contribution in [-0.4, -0.2) is 17.1 Å². The number of aromatic nitrogens is 1. The van der Waals surface area contributed by atoms with Gasteiger partial charge in [0, 0.05) is 22.6 Å². The van der Waals surface area contributed by atoms with E-state index in [4.69, 9.17) is 4.74 Å². The summed E-state index contributed by atoms with van der Waals surface area (Å²) in [4.78, 5) is 25.1. The van der Waals surface area contributed by atoms with Crippen molar-refractivity contribution in [3.05, 3.63) is 80.0 Å². The first-order chi connectivity index (χ1) is 12.9. The lowest BCUT2D eigenvalue weighted by atomic mass is 10.0. The molecule has 0 aliphatic rings. The number of halogens is 1. The van der Waals surface area contributed by atoms with E-state index in [-0.39, 0.29) is 17.6 Å². The largest absolute Gasteiger partial charge is 0.462 e. The van der Waals surface area contributed by atoms with Crippen LogP contribution in [0.5, 0.6) is 0 Å². The van der Waals surface area contributed by atoms with Crippen LogP contribution in [0.3, 0.4) is 0 Å². The number of ether oxygens (including phenoxy) is 1. The van der Waals surface area contributed by atoms with Gasteiger partial charge in [0.2, 0.25) is 5.43 Å². The van der Waals surface area contributed by atoms with Crippen LogP contribution in [0.4, 0.5) is 0 Å². The normalized spacial score (nSPS) is 11.1. The van der Waals surface area contributed by atoms with E-state index >= 15 is 0 Å². The van der Waals surface area contributed by atoms with Crippen LogP contribution in [0.2, 0.25) is 0 Å². The van der Waals surface area contributed by atoms with E-state index in [1.165, 1.54) is 5.56 Å². The number of carbonyl (C=O) groups excluding carboxylic acids is 1. The molecule has 27 heavy (non-hydrogen) atoms. The van der Waals surface area contributed by atoms with Gasteiger partial charge in [-0.2, -0.15) is 0 Å². The van der Waals surface area contributed by atoms with Gasteiger partial charge >= 0.3 is 5.97 Å². The number of hydrogen-bond acceptors (Lipinski definition) is 3. The molecule has 0 fully saturated rings. The number of esters is 1. The summed E-state index contributed by atoms with van der Waals surface area (Å²) in [6.07, 6.45) is 1.60. The van der Waals surface area contributed by atoms with Gasteiger partial charge in [0.1, 0.15) is 5.56 Å². The molecule has 1 heterocycles. The molecule has 0 bridgehead atoms. The van der Waals surface area contributed by atoms with Crippen LogP contribution in [0.25, 0.3) is 10.9 Å². The zero-order chi connectivity index (χ0) is 19.6. The highest BCUT2D eigenvalue weighted by molar-refractivity contribution is 9.10. The number of benzene rings is 2. The van der Waals surface area contributed by atoms with Gasteiger partial charge in [0.25, 0.3) is 0 Å². The number of hydrogen-bond donors (Lipinski definition) is 0. The van der Waals surface area contributed by atoms with Crippen LogP contribution in [-0.2, 0) is 11.3 Å². The van der Waals surface area contributed by atoms with Crippen LogP contribution in [0.15, 0.2) is 57.9 Å². The molecule has 0 amide bonds. The molecule has 3 rings (SSSR count). The lowest BCUT2D eigenvalue weighted by molar-refractivity contribution is 0.0524. The Morgan fingerprint density at radius 3 is 2.48 bits per heavy atom. The van der Waals surface area contributed by atoms with E-state index in [0.717, 1.165) is 15.6 Å². The third-order valence-electron chi connectivity index (χ3n) is 4.54. The van der Waals surface area contributed by atoms with Crippen LogP contribution in [0, 0.1) is 0 Å². The first-order valence-electron chi connectivity index (χ1n) is 8.99. The predicted molar refractivity (Wildman–Crippen MR) is 111 cm³/mol. The van der Waals surface area contributed by atoms with E-state index in [1.807, 2.05) is 16.7 Å². The third-order valence-corrected chi connectivity index (χ3v) is 5.03. The van der Waals surface area contributed by atoms with Gasteiger partial charge in [-0.1, -0.05) is 54.0 Å². The number of pyridine rings is 1. The van der Waals surface area contributed by atoms with Crippen molar-refractivity contribution in [1.82, 2.24) is 4.57 Å². The summed E-state index contributed by atoms with van der Waals surface area (Å²) in [6.45, 7) is 6.83. The molecule has 0 spiro atoms. The molecule has 1 aromatic heterocycles. The minimum Gasteiger partial charge on any atom is -0.462 e. The Labute approximate surface area is 166 Å². The zero-order valence-corrected chi connectivity index (χ0v) is 17.2. The molecule has 2 aromatic carbocycles. The molecular weight excluding hydrogens is 406 g/mol. The fourth-order valence-corrected chi connectivity index (χ4v) is 3.42. The molecular formula is C22H22BrNO3. The van der Waals surface area contributed by atoms with E-state index in [0.29, 0.717) is 17.8 Å². The molecule has 0 N–H and O–H groups in total. The first-order valence-corrected chi connectivity index (χ1v) is 9.78. The van der Waals surface area contributed by atoms with Gasteiger partial charge < -0.3 is 9.30 Å². The molecule has 0 saturated carbocycles. The average Bonchev–Trinajstić information content (AvgIpc) is 2.64. The highest BCUT2D eigenvalue weighted by atomic mass is 79.9. The SMILES string of the molecule is CCOC(=O)c1cn(Cc2ccc(C(C)C)cc2)c2ccc(Br)cc2c1=O. The van der Waals surface area contributed by atoms with Gasteiger partial charge in [-0.05, 0) is 42.2 Å². The van der Waals surface area contributed by atoms with Crippen molar-refractivity contribution in [2.24, 2.45) is 0 Å². The summed E-state index contributed by atoms with van der Waals surface area (Å²) in [7, 11) is 0. The minimum atomic E-state index is -0.590. The number of carbonyl (C=O) groups is 1. The van der Waals surface area contributed by atoms with Crippen molar-refractivity contribution in [2.75, 3.05) is 6.61 Å². The zero-order valence-electron chi connectivity index (χ0n) is 15.7. The van der Waals surface area contributed by atoms with Gasteiger partial charge in [0.05, 0.1) is 12.1 Å². The monoisotopic (exact) mass is 427 g/mol. The van der Waals surface area contributed by atoms with Crippen LogP contribution in [0.1, 0.15) is 48.2 Å². The Kier molecular flexibility index (Phi) is 5.80. The van der Waals surface area contributed by atoms with Crippen molar-refractivity contribution in [1.29, 1.82) is 0 Å². The van der Waals surface area contributed by atoms with Crippen LogP contribution >= 0.6 is 15.9 Å². The quantitative estimate of drug-likeness (QED) is 0.531. The molecule has 0 unspecified atom stereocenters. The van der Waals surface area contributed by atoms with Crippen molar-refractivity contribution in [2.45, 2.75) is 33.2 Å². The van der Waals surface area contributed by atoms with E-state index in [9.17, 15) is 9.59 Å². The molecule has 3 aromatic rings. The first kappa shape index (κ1) is 19.4. The van der Waals surface area contributed by atoms with Crippen molar-refractivity contribution >= 4 is 32.8 Å². The highest BCUT2D eigenvalue weighted by Gasteiger charge is 2.17. The Balaban J connectivity index is 2.11. The van der Waals surface area contributed by atoms with E-state index < -0.39 is 5.97 Å². The summed E-state index contributed by atoms with van der Waals surface area (Å²) in [5.74, 6) is -0.117. The average molecular weight is 428 g/mol. The summed E-state index contributed by atoms with van der Waals surface area (Å²) < 4.78 is 7.79. The van der Waals surface area contributed by atoms with E-state index in [1.54, 1.807) is 19.2 Å². The Hall–Kier alpha value is -2.40. The molecule has 0 aliphatic heterocycles.